The van der Waals surface area contributed by atoms with Crippen molar-refractivity contribution in [1.29, 1.82) is 0 Å². The van der Waals surface area contributed by atoms with Gasteiger partial charge in [0.1, 0.15) is 15.6 Å². The summed E-state index contributed by atoms with van der Waals surface area (Å²) >= 11 is 1.23. The molecular formula is C20H18N2O4S. The van der Waals surface area contributed by atoms with E-state index in [0.717, 1.165) is 11.3 Å². The Balaban J connectivity index is 1.84. The fourth-order valence-electron chi connectivity index (χ4n) is 2.59. The number of nitrogens with one attached hydrogen (secondary N) is 1. The third-order valence-electron chi connectivity index (χ3n) is 4.00. The van der Waals surface area contributed by atoms with Gasteiger partial charge in [0.25, 0.3) is 5.91 Å². The molecule has 2 N–H and O–H groups in total. The molecule has 3 aromatic rings. The van der Waals surface area contributed by atoms with Gasteiger partial charge in [-0.05, 0) is 36.8 Å². The summed E-state index contributed by atoms with van der Waals surface area (Å²) in [4.78, 5) is 29.1. The van der Waals surface area contributed by atoms with Crippen LogP contribution in [0.25, 0.3) is 10.6 Å². The van der Waals surface area contributed by atoms with Crippen molar-refractivity contribution in [2.75, 3.05) is 7.11 Å². The molecule has 0 fully saturated rings. The number of thiazole rings is 1. The molecule has 1 aromatic heterocycles. The van der Waals surface area contributed by atoms with E-state index < -0.39 is 17.9 Å². The van der Waals surface area contributed by atoms with E-state index in [0.29, 0.717) is 21.1 Å². The molecule has 138 valence electrons. The fraction of sp³-hybridized carbons (Fsp3) is 0.150. The first-order valence-corrected chi connectivity index (χ1v) is 9.01. The highest BCUT2D eigenvalue weighted by Gasteiger charge is 2.25. The lowest BCUT2D eigenvalue weighted by Gasteiger charge is -2.14. The van der Waals surface area contributed by atoms with Gasteiger partial charge in [-0.25, -0.2) is 9.78 Å². The number of rotatable bonds is 6. The predicted octanol–water partition coefficient (Wildman–Crippen LogP) is 3.68. The lowest BCUT2D eigenvalue weighted by Crippen LogP contribution is -2.33. The third-order valence-corrected chi connectivity index (χ3v) is 5.20. The number of carboxylic acid groups (broad SMARTS) is 1. The molecule has 0 aliphatic heterocycles. The molecule has 1 amide bonds. The third kappa shape index (κ3) is 4.15. The van der Waals surface area contributed by atoms with Crippen molar-refractivity contribution in [3.63, 3.8) is 0 Å². The summed E-state index contributed by atoms with van der Waals surface area (Å²) in [6, 6.07) is 14.8. The van der Waals surface area contributed by atoms with E-state index in [-0.39, 0.29) is 0 Å². The molecule has 0 spiro atoms. The van der Waals surface area contributed by atoms with Crippen LogP contribution in [0.4, 0.5) is 0 Å². The summed E-state index contributed by atoms with van der Waals surface area (Å²) in [5.41, 5.74) is 1.93. The van der Waals surface area contributed by atoms with Crippen LogP contribution in [0.15, 0.2) is 54.6 Å². The number of aryl methyl sites for hydroxylation is 1. The summed E-state index contributed by atoms with van der Waals surface area (Å²) < 4.78 is 5.14. The molecule has 2 aromatic carbocycles. The number of hydrogen-bond acceptors (Lipinski definition) is 5. The first kappa shape index (κ1) is 18.6. The van der Waals surface area contributed by atoms with E-state index in [1.165, 1.54) is 11.3 Å². The summed E-state index contributed by atoms with van der Waals surface area (Å²) in [6.07, 6.45) is 0. The lowest BCUT2D eigenvalue weighted by atomic mass is 10.1. The van der Waals surface area contributed by atoms with Crippen molar-refractivity contribution < 1.29 is 19.4 Å². The number of hydrogen-bond donors (Lipinski definition) is 2. The topological polar surface area (TPSA) is 88.5 Å². The van der Waals surface area contributed by atoms with E-state index in [1.54, 1.807) is 44.4 Å². The number of ether oxygens (including phenoxy) is 1. The van der Waals surface area contributed by atoms with Crippen LogP contribution < -0.4 is 10.1 Å². The maximum Gasteiger partial charge on any atom is 0.330 e. The van der Waals surface area contributed by atoms with Gasteiger partial charge >= 0.3 is 5.97 Å². The average molecular weight is 382 g/mol. The monoisotopic (exact) mass is 382 g/mol. The smallest absolute Gasteiger partial charge is 0.330 e. The molecule has 27 heavy (non-hydrogen) atoms. The number of aliphatic carboxylic acids is 1. The second-order valence-corrected chi connectivity index (χ2v) is 6.82. The molecule has 0 saturated carbocycles. The average Bonchev–Trinajstić information content (AvgIpc) is 3.08. The standard InChI is InChI=1S/C20H18N2O4S/c1-12-17(27-19(21-12)14-8-10-15(26-2)11-9-14)18(23)22-16(20(24)25)13-6-4-3-5-7-13/h3-11,16H,1-2H3,(H,22,23)(H,24,25)/t16-/m1/s1. The number of amides is 1. The molecule has 6 nitrogen and oxygen atoms in total. The van der Waals surface area contributed by atoms with Gasteiger partial charge in [0, 0.05) is 5.56 Å². The van der Waals surface area contributed by atoms with Crippen LogP contribution >= 0.6 is 11.3 Å². The van der Waals surface area contributed by atoms with Gasteiger partial charge in [-0.3, -0.25) is 4.79 Å². The Morgan fingerprint density at radius 1 is 1.11 bits per heavy atom. The fourth-order valence-corrected chi connectivity index (χ4v) is 3.57. The number of carbonyl (C=O) groups excluding carboxylic acids is 1. The van der Waals surface area contributed by atoms with Crippen molar-refractivity contribution in [1.82, 2.24) is 10.3 Å². The Kier molecular flexibility index (Phi) is 5.52. The second kappa shape index (κ2) is 8.01. The summed E-state index contributed by atoms with van der Waals surface area (Å²) in [5.74, 6) is -0.842. The van der Waals surface area contributed by atoms with Crippen LogP contribution in [-0.2, 0) is 4.79 Å². The number of methoxy groups -OCH3 is 1. The highest BCUT2D eigenvalue weighted by molar-refractivity contribution is 7.17. The molecule has 0 radical (unpaired) electrons. The van der Waals surface area contributed by atoms with Gasteiger partial charge in [0.2, 0.25) is 0 Å². The first-order valence-electron chi connectivity index (χ1n) is 8.20. The Bertz CT molecular complexity index is 952. The summed E-state index contributed by atoms with van der Waals surface area (Å²) in [5, 5.41) is 12.8. The second-order valence-electron chi connectivity index (χ2n) is 5.82. The van der Waals surface area contributed by atoms with Crippen molar-refractivity contribution in [2.24, 2.45) is 0 Å². The van der Waals surface area contributed by atoms with E-state index in [1.807, 2.05) is 24.3 Å². The molecule has 1 heterocycles. The minimum atomic E-state index is -1.12. The Morgan fingerprint density at radius 2 is 1.78 bits per heavy atom. The zero-order valence-electron chi connectivity index (χ0n) is 14.8. The zero-order chi connectivity index (χ0) is 19.4. The molecule has 3 rings (SSSR count). The molecule has 0 saturated heterocycles. The predicted molar refractivity (Wildman–Crippen MR) is 103 cm³/mol. The minimum Gasteiger partial charge on any atom is -0.497 e. The summed E-state index contributed by atoms with van der Waals surface area (Å²) in [6.45, 7) is 1.73. The number of nitrogens with zero attached hydrogens (tertiary/aromatic N) is 1. The van der Waals surface area contributed by atoms with Gasteiger partial charge in [0.05, 0.1) is 12.8 Å². The van der Waals surface area contributed by atoms with Gasteiger partial charge in [-0.2, -0.15) is 0 Å². The van der Waals surface area contributed by atoms with E-state index >= 15 is 0 Å². The Hall–Kier alpha value is -3.19. The van der Waals surface area contributed by atoms with Gasteiger partial charge in [-0.15, -0.1) is 11.3 Å². The maximum atomic E-state index is 12.7. The molecule has 1 atom stereocenters. The lowest BCUT2D eigenvalue weighted by molar-refractivity contribution is -0.139. The van der Waals surface area contributed by atoms with Crippen molar-refractivity contribution in [2.45, 2.75) is 13.0 Å². The van der Waals surface area contributed by atoms with E-state index in [2.05, 4.69) is 10.3 Å². The van der Waals surface area contributed by atoms with Crippen LogP contribution in [0.1, 0.15) is 27.0 Å². The van der Waals surface area contributed by atoms with Gasteiger partial charge < -0.3 is 15.2 Å². The Labute approximate surface area is 160 Å². The van der Waals surface area contributed by atoms with Crippen molar-refractivity contribution >= 4 is 23.2 Å². The molecule has 0 unspecified atom stereocenters. The number of benzene rings is 2. The normalized spacial score (nSPS) is 11.6. The molecule has 0 aliphatic carbocycles. The van der Waals surface area contributed by atoms with Crippen LogP contribution in [0.2, 0.25) is 0 Å². The zero-order valence-corrected chi connectivity index (χ0v) is 15.6. The van der Waals surface area contributed by atoms with E-state index in [9.17, 15) is 14.7 Å². The first-order chi connectivity index (χ1) is 13.0. The molecular weight excluding hydrogens is 364 g/mol. The highest BCUT2D eigenvalue weighted by Crippen LogP contribution is 2.29. The largest absolute Gasteiger partial charge is 0.497 e. The SMILES string of the molecule is COc1ccc(-c2nc(C)c(C(=O)N[C@@H](C(=O)O)c3ccccc3)s2)cc1. The van der Waals surface area contributed by atoms with Crippen LogP contribution in [0.3, 0.4) is 0 Å². The highest BCUT2D eigenvalue weighted by atomic mass is 32.1. The van der Waals surface area contributed by atoms with Crippen LogP contribution in [0.5, 0.6) is 5.75 Å². The number of carboxylic acids is 1. The molecule has 7 heteroatoms. The molecule has 0 aliphatic rings. The van der Waals surface area contributed by atoms with Gasteiger partial charge in [0.15, 0.2) is 6.04 Å². The van der Waals surface area contributed by atoms with Crippen molar-refractivity contribution in [3.8, 4) is 16.3 Å². The molecule has 0 bridgehead atoms. The quantitative estimate of drug-likeness (QED) is 0.679. The minimum absolute atomic E-state index is 0.392. The van der Waals surface area contributed by atoms with Gasteiger partial charge in [-0.1, -0.05) is 30.3 Å². The summed E-state index contributed by atoms with van der Waals surface area (Å²) in [7, 11) is 1.59. The van der Waals surface area contributed by atoms with E-state index in [4.69, 9.17) is 4.74 Å². The maximum absolute atomic E-state index is 12.7. The number of carbonyl (C=O) groups is 2. The Morgan fingerprint density at radius 3 is 2.37 bits per heavy atom. The van der Waals surface area contributed by atoms with Crippen LogP contribution in [-0.4, -0.2) is 29.1 Å². The van der Waals surface area contributed by atoms with Crippen molar-refractivity contribution in [3.05, 3.63) is 70.7 Å². The van der Waals surface area contributed by atoms with Crippen LogP contribution in [0, 0.1) is 6.92 Å². The number of aromatic nitrogens is 1.